The van der Waals surface area contributed by atoms with Crippen LogP contribution < -0.4 is 0 Å². The lowest BCUT2D eigenvalue weighted by molar-refractivity contribution is 0.0685. The molecule has 0 aromatic heterocycles. The summed E-state index contributed by atoms with van der Waals surface area (Å²) in [6.45, 7) is 5.53. The highest BCUT2D eigenvalue weighted by Gasteiger charge is 2.28. The van der Waals surface area contributed by atoms with Crippen molar-refractivity contribution >= 4 is 5.90 Å². The van der Waals surface area contributed by atoms with Gasteiger partial charge in [-0.3, -0.25) is 4.99 Å². The van der Waals surface area contributed by atoms with Crippen molar-refractivity contribution in [2.75, 3.05) is 19.8 Å². The maximum atomic E-state index is 9.02. The van der Waals surface area contributed by atoms with Crippen molar-refractivity contribution in [3.63, 3.8) is 0 Å². The average molecular weight is 171 g/mol. The number of aliphatic hydroxyl groups excluding tert-OH is 1. The number of aliphatic hydroxyl groups is 1. The zero-order chi connectivity index (χ0) is 9.03. The Morgan fingerprint density at radius 1 is 1.67 bits per heavy atom. The lowest BCUT2D eigenvalue weighted by atomic mass is 9.92. The van der Waals surface area contributed by atoms with Gasteiger partial charge in [0.05, 0.1) is 19.8 Å². The van der Waals surface area contributed by atoms with Gasteiger partial charge in [0, 0.05) is 11.8 Å². The average Bonchev–Trinajstić information content (AvgIpc) is 2.10. The highest BCUT2D eigenvalue weighted by atomic mass is 16.5. The maximum absolute atomic E-state index is 9.02. The normalized spacial score (nSPS) is 29.4. The molecule has 0 spiro atoms. The van der Waals surface area contributed by atoms with Gasteiger partial charge in [0.15, 0.2) is 5.90 Å². The van der Waals surface area contributed by atoms with E-state index in [1.807, 2.05) is 6.92 Å². The summed E-state index contributed by atoms with van der Waals surface area (Å²) in [5.74, 6) is 0.850. The zero-order valence-corrected chi connectivity index (χ0v) is 7.84. The van der Waals surface area contributed by atoms with Crippen molar-refractivity contribution in [2.45, 2.75) is 26.7 Å². The highest BCUT2D eigenvalue weighted by molar-refractivity contribution is 5.76. The summed E-state index contributed by atoms with van der Waals surface area (Å²) in [5.41, 5.74) is -0.156. The van der Waals surface area contributed by atoms with Crippen molar-refractivity contribution in [2.24, 2.45) is 10.4 Å². The molecule has 0 aromatic carbocycles. The minimum atomic E-state index is -0.156. The van der Waals surface area contributed by atoms with E-state index in [1.54, 1.807) is 0 Å². The minimum Gasteiger partial charge on any atom is -0.480 e. The molecular formula is C9H17NO2. The maximum Gasteiger partial charge on any atom is 0.183 e. The smallest absolute Gasteiger partial charge is 0.183 e. The molecule has 70 valence electrons. The van der Waals surface area contributed by atoms with Gasteiger partial charge < -0.3 is 9.84 Å². The van der Waals surface area contributed by atoms with Crippen LogP contribution in [0, 0.1) is 5.41 Å². The fraction of sp³-hybridized carbons (Fsp3) is 0.889. The van der Waals surface area contributed by atoms with Gasteiger partial charge in [0.1, 0.15) is 0 Å². The molecule has 12 heavy (non-hydrogen) atoms. The van der Waals surface area contributed by atoms with Crippen LogP contribution in [0.2, 0.25) is 0 Å². The molecule has 0 amide bonds. The van der Waals surface area contributed by atoms with Gasteiger partial charge >= 0.3 is 0 Å². The fourth-order valence-electron chi connectivity index (χ4n) is 1.09. The monoisotopic (exact) mass is 171 g/mol. The number of hydrogen-bond donors (Lipinski definition) is 1. The lowest BCUT2D eigenvalue weighted by Gasteiger charge is -2.29. The number of ether oxygens (including phenoxy) is 1. The van der Waals surface area contributed by atoms with Crippen LogP contribution in [-0.2, 0) is 4.74 Å². The van der Waals surface area contributed by atoms with E-state index < -0.39 is 0 Å². The van der Waals surface area contributed by atoms with Gasteiger partial charge in [-0.05, 0) is 6.42 Å². The molecule has 0 bridgehead atoms. The Morgan fingerprint density at radius 3 is 2.83 bits per heavy atom. The Labute approximate surface area is 73.5 Å². The topological polar surface area (TPSA) is 41.8 Å². The van der Waals surface area contributed by atoms with Crippen LogP contribution >= 0.6 is 0 Å². The fourth-order valence-corrected chi connectivity index (χ4v) is 1.09. The molecule has 1 unspecified atom stereocenters. The third-order valence-electron chi connectivity index (χ3n) is 2.07. The third-order valence-corrected chi connectivity index (χ3v) is 2.07. The summed E-state index contributed by atoms with van der Waals surface area (Å²) in [6, 6.07) is 0. The minimum absolute atomic E-state index is 0.149. The predicted octanol–water partition coefficient (Wildman–Crippen LogP) is 1.21. The Hall–Kier alpha value is -0.570. The van der Waals surface area contributed by atoms with Crippen LogP contribution in [-0.4, -0.2) is 30.8 Å². The Morgan fingerprint density at radius 2 is 2.42 bits per heavy atom. The van der Waals surface area contributed by atoms with Crippen LogP contribution in [0.25, 0.3) is 0 Å². The SMILES string of the molecule is CCCC1=NCC(C)(CO)CO1. The Kier molecular flexibility index (Phi) is 3.09. The van der Waals surface area contributed by atoms with Crippen molar-refractivity contribution < 1.29 is 9.84 Å². The molecule has 1 N–H and O–H groups in total. The first kappa shape index (κ1) is 9.52. The third kappa shape index (κ3) is 2.21. The van der Waals surface area contributed by atoms with Crippen LogP contribution in [0.15, 0.2) is 4.99 Å². The molecule has 0 fully saturated rings. The zero-order valence-electron chi connectivity index (χ0n) is 7.84. The number of aliphatic imine (C=N–C) groups is 1. The quantitative estimate of drug-likeness (QED) is 0.693. The number of rotatable bonds is 3. The van der Waals surface area contributed by atoms with E-state index in [0.717, 1.165) is 18.7 Å². The van der Waals surface area contributed by atoms with Crippen LogP contribution in [0.1, 0.15) is 26.7 Å². The first-order valence-corrected chi connectivity index (χ1v) is 4.47. The first-order chi connectivity index (χ1) is 5.70. The summed E-state index contributed by atoms with van der Waals surface area (Å²) in [6.07, 6.45) is 1.98. The largest absolute Gasteiger partial charge is 0.480 e. The molecule has 1 heterocycles. The lowest BCUT2D eigenvalue weighted by Crippen LogP contribution is -2.36. The molecule has 0 saturated carbocycles. The van der Waals surface area contributed by atoms with Gasteiger partial charge in [0.2, 0.25) is 0 Å². The standard InChI is InChI=1S/C9H17NO2/c1-3-4-8-10-5-9(2,6-11)7-12-8/h11H,3-7H2,1-2H3. The summed E-state index contributed by atoms with van der Waals surface area (Å²) in [4.78, 5) is 4.28. The van der Waals surface area contributed by atoms with Gasteiger partial charge in [-0.2, -0.15) is 0 Å². The van der Waals surface area contributed by atoms with E-state index in [9.17, 15) is 0 Å². The second kappa shape index (κ2) is 3.90. The molecule has 1 aliphatic rings. The first-order valence-electron chi connectivity index (χ1n) is 4.47. The van der Waals surface area contributed by atoms with Crippen molar-refractivity contribution in [3.05, 3.63) is 0 Å². The van der Waals surface area contributed by atoms with Gasteiger partial charge in [-0.25, -0.2) is 0 Å². The van der Waals surface area contributed by atoms with Gasteiger partial charge in [-0.1, -0.05) is 13.8 Å². The molecule has 1 rings (SSSR count). The molecular weight excluding hydrogens is 154 g/mol. The predicted molar refractivity (Wildman–Crippen MR) is 48.4 cm³/mol. The van der Waals surface area contributed by atoms with E-state index in [4.69, 9.17) is 9.84 Å². The Balaban J connectivity index is 2.46. The van der Waals surface area contributed by atoms with E-state index in [0.29, 0.717) is 13.2 Å². The second-order valence-corrected chi connectivity index (χ2v) is 3.72. The summed E-state index contributed by atoms with van der Waals surface area (Å²) < 4.78 is 5.41. The molecule has 0 aliphatic carbocycles. The highest BCUT2D eigenvalue weighted by Crippen LogP contribution is 2.21. The number of hydrogen-bond acceptors (Lipinski definition) is 3. The molecule has 1 aliphatic heterocycles. The summed E-state index contributed by atoms with van der Waals surface area (Å²) >= 11 is 0. The molecule has 0 saturated heterocycles. The summed E-state index contributed by atoms with van der Waals surface area (Å²) in [7, 11) is 0. The second-order valence-electron chi connectivity index (χ2n) is 3.72. The van der Waals surface area contributed by atoms with E-state index in [-0.39, 0.29) is 12.0 Å². The van der Waals surface area contributed by atoms with E-state index in [1.165, 1.54) is 0 Å². The van der Waals surface area contributed by atoms with Crippen molar-refractivity contribution in [1.29, 1.82) is 0 Å². The van der Waals surface area contributed by atoms with Gasteiger partial charge in [-0.15, -0.1) is 0 Å². The number of nitrogens with zero attached hydrogens (tertiary/aromatic N) is 1. The van der Waals surface area contributed by atoms with Crippen LogP contribution in [0.4, 0.5) is 0 Å². The molecule has 3 heteroatoms. The molecule has 3 nitrogen and oxygen atoms in total. The Bertz CT molecular complexity index is 179. The molecule has 1 atom stereocenters. The molecule has 0 aromatic rings. The summed E-state index contributed by atoms with van der Waals surface area (Å²) in [5, 5.41) is 9.02. The van der Waals surface area contributed by atoms with Crippen LogP contribution in [0.5, 0.6) is 0 Å². The van der Waals surface area contributed by atoms with E-state index in [2.05, 4.69) is 11.9 Å². The van der Waals surface area contributed by atoms with Gasteiger partial charge in [0.25, 0.3) is 0 Å². The molecule has 0 radical (unpaired) electrons. The van der Waals surface area contributed by atoms with E-state index >= 15 is 0 Å². The van der Waals surface area contributed by atoms with Crippen LogP contribution in [0.3, 0.4) is 0 Å². The van der Waals surface area contributed by atoms with Crippen molar-refractivity contribution in [3.8, 4) is 0 Å². The van der Waals surface area contributed by atoms with Crippen molar-refractivity contribution in [1.82, 2.24) is 0 Å².